The Kier molecular flexibility index (Phi) is 4.94. The van der Waals surface area contributed by atoms with E-state index in [2.05, 4.69) is 10.3 Å². The summed E-state index contributed by atoms with van der Waals surface area (Å²) in [6.45, 7) is 3.80. The number of amides is 1. The summed E-state index contributed by atoms with van der Waals surface area (Å²) in [5, 5.41) is 3.53. The number of nitrogens with one attached hydrogen (secondary N) is 1. The number of hydrogen-bond acceptors (Lipinski definition) is 4. The lowest BCUT2D eigenvalue weighted by atomic mass is 10.1. The minimum absolute atomic E-state index is 0.143. The molecule has 0 saturated carbocycles. The highest BCUT2D eigenvalue weighted by molar-refractivity contribution is 6.31. The molecule has 1 N–H and O–H groups in total. The minimum atomic E-state index is -0.442. The molecule has 29 heavy (non-hydrogen) atoms. The highest BCUT2D eigenvalue weighted by Gasteiger charge is 2.23. The van der Waals surface area contributed by atoms with Crippen molar-refractivity contribution in [1.29, 1.82) is 0 Å². The van der Waals surface area contributed by atoms with Crippen molar-refractivity contribution in [3.8, 4) is 0 Å². The average Bonchev–Trinajstić information content (AvgIpc) is 3.05. The second-order valence-electron chi connectivity index (χ2n) is 6.74. The number of rotatable bonds is 4. The minimum Gasteiger partial charge on any atom is -0.442 e. The first-order valence-electron chi connectivity index (χ1n) is 9.04. The first-order valence-corrected chi connectivity index (χ1v) is 9.42. The van der Waals surface area contributed by atoms with Crippen LogP contribution in [0.3, 0.4) is 0 Å². The van der Waals surface area contributed by atoms with Crippen LogP contribution < -0.4 is 10.9 Å². The standard InChI is InChI=1S/C22H18ClN3O3/c1-13-16(23)9-6-10-17(13)25-20(27)18-14(2)29-21-19(18)22(28)26(12-24-21)11-15-7-4-3-5-8-15/h3-10,12H,11H2,1-2H3,(H,25,27). The summed E-state index contributed by atoms with van der Waals surface area (Å²) in [7, 11) is 0. The normalized spacial score (nSPS) is 11.0. The van der Waals surface area contributed by atoms with Gasteiger partial charge in [0.15, 0.2) is 0 Å². The average molecular weight is 408 g/mol. The van der Waals surface area contributed by atoms with Gasteiger partial charge in [-0.2, -0.15) is 0 Å². The summed E-state index contributed by atoms with van der Waals surface area (Å²) in [6.07, 6.45) is 1.43. The number of furan rings is 1. The Morgan fingerprint density at radius 1 is 1.14 bits per heavy atom. The number of carbonyl (C=O) groups excluding carboxylic acids is 1. The van der Waals surface area contributed by atoms with Crippen LogP contribution in [0, 0.1) is 13.8 Å². The highest BCUT2D eigenvalue weighted by atomic mass is 35.5. The number of benzene rings is 2. The Balaban J connectivity index is 1.77. The fraction of sp³-hybridized carbons (Fsp3) is 0.136. The topological polar surface area (TPSA) is 77.1 Å². The second-order valence-corrected chi connectivity index (χ2v) is 7.15. The van der Waals surface area contributed by atoms with Gasteiger partial charge >= 0.3 is 0 Å². The zero-order valence-electron chi connectivity index (χ0n) is 15.9. The molecule has 2 heterocycles. The van der Waals surface area contributed by atoms with Gasteiger partial charge in [-0.15, -0.1) is 0 Å². The molecule has 0 unspecified atom stereocenters. The predicted octanol–water partition coefficient (Wildman–Crippen LogP) is 4.56. The van der Waals surface area contributed by atoms with Crippen LogP contribution in [0.4, 0.5) is 5.69 Å². The molecule has 7 heteroatoms. The van der Waals surface area contributed by atoms with E-state index >= 15 is 0 Å². The molecule has 0 spiro atoms. The van der Waals surface area contributed by atoms with Crippen LogP contribution in [-0.2, 0) is 6.54 Å². The molecule has 0 radical (unpaired) electrons. The van der Waals surface area contributed by atoms with Crippen LogP contribution in [0.25, 0.3) is 11.1 Å². The van der Waals surface area contributed by atoms with Gasteiger partial charge in [0, 0.05) is 10.7 Å². The van der Waals surface area contributed by atoms with Gasteiger partial charge < -0.3 is 9.73 Å². The second kappa shape index (κ2) is 7.56. The number of aryl methyl sites for hydroxylation is 1. The van der Waals surface area contributed by atoms with E-state index in [0.29, 0.717) is 23.0 Å². The van der Waals surface area contributed by atoms with Crippen molar-refractivity contribution in [2.45, 2.75) is 20.4 Å². The predicted molar refractivity (Wildman–Crippen MR) is 113 cm³/mol. The van der Waals surface area contributed by atoms with Crippen LogP contribution in [0.5, 0.6) is 0 Å². The van der Waals surface area contributed by atoms with Gasteiger partial charge in [-0.1, -0.05) is 48.0 Å². The van der Waals surface area contributed by atoms with Crippen LogP contribution in [0.15, 0.2) is 64.1 Å². The number of halogens is 1. The molecular formula is C22H18ClN3O3. The third kappa shape index (κ3) is 3.54. The van der Waals surface area contributed by atoms with Crippen molar-refractivity contribution in [2.75, 3.05) is 5.32 Å². The number of anilines is 1. The van der Waals surface area contributed by atoms with E-state index < -0.39 is 5.91 Å². The van der Waals surface area contributed by atoms with Crippen molar-refractivity contribution >= 4 is 34.3 Å². The third-order valence-corrected chi connectivity index (χ3v) is 5.20. The molecular weight excluding hydrogens is 390 g/mol. The van der Waals surface area contributed by atoms with E-state index in [4.69, 9.17) is 16.0 Å². The maximum absolute atomic E-state index is 13.1. The van der Waals surface area contributed by atoms with Gasteiger partial charge in [0.05, 0.1) is 12.1 Å². The van der Waals surface area contributed by atoms with E-state index in [1.54, 1.807) is 25.1 Å². The van der Waals surface area contributed by atoms with Crippen molar-refractivity contribution < 1.29 is 9.21 Å². The number of hydrogen-bond donors (Lipinski definition) is 1. The van der Waals surface area contributed by atoms with Gasteiger partial charge in [-0.3, -0.25) is 14.2 Å². The molecule has 0 aliphatic carbocycles. The van der Waals surface area contributed by atoms with E-state index in [0.717, 1.165) is 11.1 Å². The molecule has 0 atom stereocenters. The lowest BCUT2D eigenvalue weighted by Crippen LogP contribution is -2.23. The van der Waals surface area contributed by atoms with Crippen LogP contribution in [0.2, 0.25) is 5.02 Å². The monoisotopic (exact) mass is 407 g/mol. The molecule has 2 aromatic carbocycles. The number of carbonyl (C=O) groups is 1. The molecule has 0 saturated heterocycles. The molecule has 4 aromatic rings. The largest absolute Gasteiger partial charge is 0.442 e. The number of aromatic nitrogens is 2. The smallest absolute Gasteiger partial charge is 0.265 e. The van der Waals surface area contributed by atoms with Gasteiger partial charge in [0.2, 0.25) is 5.71 Å². The number of fused-ring (bicyclic) bond motifs is 1. The van der Waals surface area contributed by atoms with Crippen LogP contribution in [0.1, 0.15) is 27.2 Å². The van der Waals surface area contributed by atoms with E-state index in [1.807, 2.05) is 37.3 Å². The molecule has 2 aromatic heterocycles. The Labute approximate surface area is 171 Å². The SMILES string of the molecule is Cc1oc2ncn(Cc3ccccc3)c(=O)c2c1C(=O)Nc1cccc(Cl)c1C. The van der Waals surface area contributed by atoms with Crippen molar-refractivity contribution in [1.82, 2.24) is 9.55 Å². The Hall–Kier alpha value is -3.38. The molecule has 0 aliphatic heterocycles. The summed E-state index contributed by atoms with van der Waals surface area (Å²) in [5.41, 5.74) is 2.27. The van der Waals surface area contributed by atoms with Crippen molar-refractivity contribution in [2.24, 2.45) is 0 Å². The number of nitrogens with zero attached hydrogens (tertiary/aromatic N) is 2. The van der Waals surface area contributed by atoms with Crippen molar-refractivity contribution in [3.05, 3.63) is 92.7 Å². The van der Waals surface area contributed by atoms with Gasteiger partial charge in [0.1, 0.15) is 17.5 Å². The first kappa shape index (κ1) is 19.0. The molecule has 1 amide bonds. The Morgan fingerprint density at radius 3 is 2.66 bits per heavy atom. The van der Waals surface area contributed by atoms with E-state index in [9.17, 15) is 9.59 Å². The molecule has 4 rings (SSSR count). The van der Waals surface area contributed by atoms with Crippen molar-refractivity contribution in [3.63, 3.8) is 0 Å². The molecule has 146 valence electrons. The first-order chi connectivity index (χ1) is 14.0. The summed E-state index contributed by atoms with van der Waals surface area (Å²) in [6, 6.07) is 14.8. The van der Waals surface area contributed by atoms with Gasteiger partial charge in [-0.05, 0) is 37.1 Å². The Bertz CT molecular complexity index is 1280. The molecule has 6 nitrogen and oxygen atoms in total. The summed E-state index contributed by atoms with van der Waals surface area (Å²) < 4.78 is 7.05. The molecule has 0 fully saturated rings. The van der Waals surface area contributed by atoms with E-state index in [1.165, 1.54) is 10.9 Å². The Morgan fingerprint density at radius 2 is 1.90 bits per heavy atom. The van der Waals surface area contributed by atoms with Gasteiger partial charge in [0.25, 0.3) is 11.5 Å². The highest BCUT2D eigenvalue weighted by Crippen LogP contribution is 2.26. The molecule has 0 bridgehead atoms. The van der Waals surface area contributed by atoms with E-state index in [-0.39, 0.29) is 22.2 Å². The van der Waals surface area contributed by atoms with Crippen LogP contribution >= 0.6 is 11.6 Å². The summed E-state index contributed by atoms with van der Waals surface area (Å²) in [5.74, 6) is -0.109. The fourth-order valence-corrected chi connectivity index (χ4v) is 3.41. The lowest BCUT2D eigenvalue weighted by molar-refractivity contribution is 0.102. The maximum atomic E-state index is 13.1. The summed E-state index contributed by atoms with van der Waals surface area (Å²) >= 11 is 6.14. The fourth-order valence-electron chi connectivity index (χ4n) is 3.23. The maximum Gasteiger partial charge on any atom is 0.265 e. The third-order valence-electron chi connectivity index (χ3n) is 4.79. The lowest BCUT2D eigenvalue weighted by Gasteiger charge is -2.09. The zero-order chi connectivity index (χ0) is 20.5. The summed E-state index contributed by atoms with van der Waals surface area (Å²) in [4.78, 5) is 30.3. The van der Waals surface area contributed by atoms with Crippen LogP contribution in [-0.4, -0.2) is 15.5 Å². The quantitative estimate of drug-likeness (QED) is 0.538. The zero-order valence-corrected chi connectivity index (χ0v) is 16.7. The van der Waals surface area contributed by atoms with Gasteiger partial charge in [-0.25, -0.2) is 4.98 Å². The molecule has 0 aliphatic rings.